The summed E-state index contributed by atoms with van der Waals surface area (Å²) in [5.41, 5.74) is 1.78. The molecular formula is C17H18INO2. The molecule has 2 rings (SSSR count). The van der Waals surface area contributed by atoms with Crippen LogP contribution in [0, 0.1) is 3.57 Å². The first-order chi connectivity index (χ1) is 10.1. The summed E-state index contributed by atoms with van der Waals surface area (Å²) in [6.07, 6.45) is 0.736. The quantitative estimate of drug-likeness (QED) is 0.785. The van der Waals surface area contributed by atoms with Crippen LogP contribution in [0.2, 0.25) is 0 Å². The number of hydrogen-bond donors (Lipinski definition) is 1. The van der Waals surface area contributed by atoms with E-state index >= 15 is 0 Å². The lowest BCUT2D eigenvalue weighted by atomic mass is 10.1. The van der Waals surface area contributed by atoms with Gasteiger partial charge in [-0.05, 0) is 71.8 Å². The van der Waals surface area contributed by atoms with Gasteiger partial charge in [0.15, 0.2) is 0 Å². The number of hydrogen-bond acceptors (Lipinski definition) is 2. The van der Waals surface area contributed by atoms with Crippen molar-refractivity contribution in [2.24, 2.45) is 0 Å². The maximum Gasteiger partial charge on any atom is 0.251 e. The summed E-state index contributed by atoms with van der Waals surface area (Å²) in [4.78, 5) is 12.2. The Morgan fingerprint density at radius 1 is 1.19 bits per heavy atom. The molecule has 1 unspecified atom stereocenters. The summed E-state index contributed by atoms with van der Waals surface area (Å²) in [6.45, 7) is 2.00. The molecule has 0 heterocycles. The van der Waals surface area contributed by atoms with Gasteiger partial charge in [0.2, 0.25) is 0 Å². The van der Waals surface area contributed by atoms with Crippen LogP contribution < -0.4 is 10.1 Å². The minimum absolute atomic E-state index is 0.0353. The zero-order valence-electron chi connectivity index (χ0n) is 12.1. The average Bonchev–Trinajstić information content (AvgIpc) is 2.48. The monoisotopic (exact) mass is 395 g/mol. The molecule has 1 N–H and O–H groups in total. The largest absolute Gasteiger partial charge is 0.496 e. The predicted molar refractivity (Wildman–Crippen MR) is 92.8 cm³/mol. The fourth-order valence-corrected chi connectivity index (χ4v) is 2.52. The highest BCUT2D eigenvalue weighted by Gasteiger charge is 2.12. The van der Waals surface area contributed by atoms with Crippen molar-refractivity contribution in [3.63, 3.8) is 0 Å². The number of benzene rings is 2. The summed E-state index contributed by atoms with van der Waals surface area (Å²) in [7, 11) is 1.66. The molecule has 0 bridgehead atoms. The van der Waals surface area contributed by atoms with Crippen molar-refractivity contribution in [1.29, 1.82) is 0 Å². The second-order valence-corrected chi connectivity index (χ2v) is 6.14. The number of halogens is 1. The summed E-state index contributed by atoms with van der Waals surface area (Å²) in [5, 5.41) is 3.02. The Balaban J connectivity index is 1.99. The predicted octanol–water partition coefficient (Wildman–Crippen LogP) is 3.66. The van der Waals surface area contributed by atoms with Crippen LogP contribution in [0.25, 0.3) is 0 Å². The molecule has 0 aliphatic heterocycles. The number of rotatable bonds is 5. The number of methoxy groups -OCH3 is 1. The van der Waals surface area contributed by atoms with Gasteiger partial charge in [-0.2, -0.15) is 0 Å². The van der Waals surface area contributed by atoms with Crippen LogP contribution in [0.3, 0.4) is 0 Å². The van der Waals surface area contributed by atoms with Gasteiger partial charge in [0.1, 0.15) is 5.75 Å². The summed E-state index contributed by atoms with van der Waals surface area (Å²) in [6, 6.07) is 15.5. The van der Waals surface area contributed by atoms with E-state index in [1.807, 2.05) is 55.5 Å². The molecule has 0 saturated heterocycles. The van der Waals surface area contributed by atoms with E-state index in [0.29, 0.717) is 5.56 Å². The molecule has 4 heteroatoms. The van der Waals surface area contributed by atoms with Crippen LogP contribution in [0.4, 0.5) is 0 Å². The van der Waals surface area contributed by atoms with Crippen LogP contribution in [-0.4, -0.2) is 19.1 Å². The average molecular weight is 395 g/mol. The molecule has 0 spiro atoms. The fourth-order valence-electron chi connectivity index (χ4n) is 2.16. The number of ether oxygens (including phenoxy) is 1. The number of carbonyl (C=O) groups is 1. The second kappa shape index (κ2) is 7.45. The van der Waals surface area contributed by atoms with E-state index in [9.17, 15) is 4.79 Å². The van der Waals surface area contributed by atoms with Crippen molar-refractivity contribution >= 4 is 28.5 Å². The number of nitrogens with one attached hydrogen (secondary N) is 1. The Hall–Kier alpha value is -1.56. The van der Waals surface area contributed by atoms with Gasteiger partial charge in [0.25, 0.3) is 5.91 Å². The molecular weight excluding hydrogens is 377 g/mol. The zero-order valence-corrected chi connectivity index (χ0v) is 14.3. The lowest BCUT2D eigenvalue weighted by molar-refractivity contribution is 0.0940. The van der Waals surface area contributed by atoms with Crippen LogP contribution in [0.1, 0.15) is 22.8 Å². The Kier molecular flexibility index (Phi) is 5.61. The van der Waals surface area contributed by atoms with Gasteiger partial charge in [-0.25, -0.2) is 0 Å². The molecule has 2 aromatic rings. The highest BCUT2D eigenvalue weighted by molar-refractivity contribution is 14.1. The third-order valence-corrected chi connectivity index (χ3v) is 3.92. The topological polar surface area (TPSA) is 38.3 Å². The zero-order chi connectivity index (χ0) is 15.2. The molecule has 0 aromatic heterocycles. The van der Waals surface area contributed by atoms with Gasteiger partial charge >= 0.3 is 0 Å². The van der Waals surface area contributed by atoms with Gasteiger partial charge in [0, 0.05) is 15.2 Å². The third-order valence-electron chi connectivity index (χ3n) is 3.20. The normalized spacial score (nSPS) is 11.8. The summed E-state index contributed by atoms with van der Waals surface area (Å²) < 4.78 is 6.45. The van der Waals surface area contributed by atoms with Crippen LogP contribution in [-0.2, 0) is 6.42 Å². The minimum atomic E-state index is -0.0474. The van der Waals surface area contributed by atoms with E-state index in [1.165, 1.54) is 0 Å². The SMILES string of the molecule is COc1ccccc1CC(C)NC(=O)c1ccc(I)cc1. The van der Waals surface area contributed by atoms with Crippen molar-refractivity contribution in [1.82, 2.24) is 5.32 Å². The minimum Gasteiger partial charge on any atom is -0.496 e. The maximum atomic E-state index is 12.2. The Labute approximate surface area is 138 Å². The molecule has 0 fully saturated rings. The fraction of sp³-hybridized carbons (Fsp3) is 0.235. The van der Waals surface area contributed by atoms with E-state index in [2.05, 4.69) is 27.9 Å². The Morgan fingerprint density at radius 2 is 1.86 bits per heavy atom. The van der Waals surface area contributed by atoms with Crippen molar-refractivity contribution in [2.75, 3.05) is 7.11 Å². The summed E-state index contributed by atoms with van der Waals surface area (Å²) >= 11 is 2.22. The number of para-hydroxylation sites is 1. The lowest BCUT2D eigenvalue weighted by Crippen LogP contribution is -2.34. The van der Waals surface area contributed by atoms with Crippen molar-refractivity contribution in [3.05, 3.63) is 63.2 Å². The molecule has 1 atom stereocenters. The first-order valence-electron chi connectivity index (χ1n) is 6.78. The molecule has 1 amide bonds. The lowest BCUT2D eigenvalue weighted by Gasteiger charge is -2.16. The highest BCUT2D eigenvalue weighted by atomic mass is 127. The van der Waals surface area contributed by atoms with Crippen molar-refractivity contribution in [2.45, 2.75) is 19.4 Å². The molecule has 0 saturated carbocycles. The van der Waals surface area contributed by atoms with E-state index in [4.69, 9.17) is 4.74 Å². The molecule has 2 aromatic carbocycles. The smallest absolute Gasteiger partial charge is 0.251 e. The number of amides is 1. The standard InChI is InChI=1S/C17H18INO2/c1-12(11-14-5-3-4-6-16(14)21-2)19-17(20)13-7-9-15(18)10-8-13/h3-10,12H,11H2,1-2H3,(H,19,20). The maximum absolute atomic E-state index is 12.2. The molecule has 21 heavy (non-hydrogen) atoms. The van der Waals surface area contributed by atoms with E-state index in [1.54, 1.807) is 7.11 Å². The highest BCUT2D eigenvalue weighted by Crippen LogP contribution is 2.19. The third kappa shape index (κ3) is 4.46. The summed E-state index contributed by atoms with van der Waals surface area (Å²) in [5.74, 6) is 0.807. The molecule has 0 radical (unpaired) electrons. The van der Waals surface area contributed by atoms with Gasteiger partial charge in [-0.3, -0.25) is 4.79 Å². The number of carbonyl (C=O) groups excluding carboxylic acids is 1. The molecule has 0 aliphatic rings. The van der Waals surface area contributed by atoms with E-state index in [-0.39, 0.29) is 11.9 Å². The Bertz CT molecular complexity index is 610. The van der Waals surface area contributed by atoms with Crippen molar-refractivity contribution in [3.8, 4) is 5.75 Å². The molecule has 0 aliphatic carbocycles. The van der Waals surface area contributed by atoms with Gasteiger partial charge < -0.3 is 10.1 Å². The van der Waals surface area contributed by atoms with E-state index in [0.717, 1.165) is 21.3 Å². The molecule has 110 valence electrons. The second-order valence-electron chi connectivity index (χ2n) is 4.90. The van der Waals surface area contributed by atoms with Gasteiger partial charge in [-0.1, -0.05) is 18.2 Å². The first-order valence-corrected chi connectivity index (χ1v) is 7.86. The van der Waals surface area contributed by atoms with Crippen LogP contribution in [0.15, 0.2) is 48.5 Å². The first kappa shape index (κ1) is 15.8. The van der Waals surface area contributed by atoms with Gasteiger partial charge in [0.05, 0.1) is 7.11 Å². The van der Waals surface area contributed by atoms with Crippen LogP contribution >= 0.6 is 22.6 Å². The molecule has 3 nitrogen and oxygen atoms in total. The van der Waals surface area contributed by atoms with Crippen LogP contribution in [0.5, 0.6) is 5.75 Å². The van der Waals surface area contributed by atoms with E-state index < -0.39 is 0 Å². The van der Waals surface area contributed by atoms with Crippen molar-refractivity contribution < 1.29 is 9.53 Å². The Morgan fingerprint density at radius 3 is 2.52 bits per heavy atom. The van der Waals surface area contributed by atoms with Gasteiger partial charge in [-0.15, -0.1) is 0 Å².